The van der Waals surface area contributed by atoms with Crippen LogP contribution in [0.4, 0.5) is 0 Å². The molecule has 1 aromatic carbocycles. The predicted molar refractivity (Wildman–Crippen MR) is 74.8 cm³/mol. The van der Waals surface area contributed by atoms with Gasteiger partial charge >= 0.3 is 5.97 Å². The van der Waals surface area contributed by atoms with Crippen molar-refractivity contribution in [1.82, 2.24) is 0 Å². The van der Waals surface area contributed by atoms with Crippen molar-refractivity contribution in [2.75, 3.05) is 13.2 Å². The molecule has 0 aliphatic rings. The van der Waals surface area contributed by atoms with Gasteiger partial charge in [0.2, 0.25) is 0 Å². The van der Waals surface area contributed by atoms with Gasteiger partial charge in [-0.25, -0.2) is 0 Å². The van der Waals surface area contributed by atoms with Gasteiger partial charge in [0.1, 0.15) is 0 Å². The summed E-state index contributed by atoms with van der Waals surface area (Å²) in [6, 6.07) is 7.43. The average molecular weight is 315 g/mol. The first-order valence-corrected chi connectivity index (χ1v) is 6.86. The molecule has 4 heteroatoms. The molecule has 0 aliphatic heterocycles. The lowest BCUT2D eigenvalue weighted by Crippen LogP contribution is -2.15. The van der Waals surface area contributed by atoms with Crippen LogP contribution >= 0.6 is 15.9 Å². The maximum atomic E-state index is 11.3. The maximum Gasteiger partial charge on any atom is 0.311 e. The largest absolute Gasteiger partial charge is 0.481 e. The van der Waals surface area contributed by atoms with E-state index in [-0.39, 0.29) is 0 Å². The quantitative estimate of drug-likeness (QED) is 0.781. The van der Waals surface area contributed by atoms with Crippen molar-refractivity contribution >= 4 is 21.9 Å². The van der Waals surface area contributed by atoms with E-state index in [0.29, 0.717) is 25.6 Å². The van der Waals surface area contributed by atoms with Gasteiger partial charge in [-0.15, -0.1) is 0 Å². The molecule has 0 aliphatic carbocycles. The van der Waals surface area contributed by atoms with Gasteiger partial charge < -0.3 is 9.84 Å². The van der Waals surface area contributed by atoms with Crippen molar-refractivity contribution in [2.24, 2.45) is 5.92 Å². The Morgan fingerprint density at radius 3 is 2.61 bits per heavy atom. The van der Waals surface area contributed by atoms with Gasteiger partial charge in [-0.2, -0.15) is 0 Å². The van der Waals surface area contributed by atoms with Crippen LogP contribution in [0.2, 0.25) is 0 Å². The highest BCUT2D eigenvalue weighted by molar-refractivity contribution is 9.10. The Morgan fingerprint density at radius 2 is 2.06 bits per heavy atom. The van der Waals surface area contributed by atoms with Crippen LogP contribution in [0.1, 0.15) is 31.7 Å². The molecule has 1 atom stereocenters. The molecular formula is C14H19BrO3. The lowest BCUT2D eigenvalue weighted by atomic mass is 9.96. The third-order valence-electron chi connectivity index (χ3n) is 2.58. The molecule has 0 spiro atoms. The lowest BCUT2D eigenvalue weighted by Gasteiger charge is -2.15. The van der Waals surface area contributed by atoms with Crippen LogP contribution in [0.15, 0.2) is 28.7 Å². The molecule has 1 rings (SSSR count). The third kappa shape index (κ3) is 4.78. The number of benzene rings is 1. The van der Waals surface area contributed by atoms with Gasteiger partial charge in [0.05, 0.1) is 5.92 Å². The Labute approximate surface area is 116 Å². The Kier molecular flexibility index (Phi) is 6.36. The minimum atomic E-state index is -0.810. The van der Waals surface area contributed by atoms with E-state index >= 15 is 0 Å². The van der Waals surface area contributed by atoms with Crippen molar-refractivity contribution in [3.05, 3.63) is 34.3 Å². The standard InChI is InChI=1S/C14H19BrO3/c1-10(2)9-18-8-7-12(14(16)17)11-5-3-4-6-13(11)15/h3-6,10,12H,7-9H2,1-2H3,(H,16,17). The molecule has 0 saturated carbocycles. The number of ether oxygens (including phenoxy) is 1. The first-order chi connectivity index (χ1) is 8.52. The smallest absolute Gasteiger partial charge is 0.311 e. The molecule has 0 bridgehead atoms. The van der Waals surface area contributed by atoms with Crippen LogP contribution in [0, 0.1) is 5.92 Å². The maximum absolute atomic E-state index is 11.3. The van der Waals surface area contributed by atoms with E-state index < -0.39 is 11.9 Å². The molecule has 1 N–H and O–H groups in total. The molecular weight excluding hydrogens is 296 g/mol. The summed E-state index contributed by atoms with van der Waals surface area (Å²) < 4.78 is 6.29. The van der Waals surface area contributed by atoms with Crippen molar-refractivity contribution in [2.45, 2.75) is 26.2 Å². The molecule has 1 unspecified atom stereocenters. The normalized spacial score (nSPS) is 12.7. The molecule has 0 aromatic heterocycles. The minimum Gasteiger partial charge on any atom is -0.481 e. The number of halogens is 1. The van der Waals surface area contributed by atoms with Crippen LogP contribution in [0.3, 0.4) is 0 Å². The van der Waals surface area contributed by atoms with E-state index in [0.717, 1.165) is 10.0 Å². The molecule has 0 heterocycles. The van der Waals surface area contributed by atoms with Crippen LogP contribution in [-0.4, -0.2) is 24.3 Å². The second kappa shape index (κ2) is 7.54. The monoisotopic (exact) mass is 314 g/mol. The second-order valence-electron chi connectivity index (χ2n) is 4.67. The molecule has 0 radical (unpaired) electrons. The first-order valence-electron chi connectivity index (χ1n) is 6.07. The summed E-state index contributed by atoms with van der Waals surface area (Å²) in [6.45, 7) is 5.28. The van der Waals surface area contributed by atoms with Gasteiger partial charge in [-0.3, -0.25) is 4.79 Å². The SMILES string of the molecule is CC(C)COCCC(C(=O)O)c1ccccc1Br. The number of rotatable bonds is 7. The molecule has 0 fully saturated rings. The van der Waals surface area contributed by atoms with Crippen molar-refractivity contribution in [3.8, 4) is 0 Å². The highest BCUT2D eigenvalue weighted by Gasteiger charge is 2.21. The van der Waals surface area contributed by atoms with Crippen molar-refractivity contribution in [3.63, 3.8) is 0 Å². The Hall–Kier alpha value is -0.870. The number of hydrogen-bond donors (Lipinski definition) is 1. The zero-order valence-corrected chi connectivity index (χ0v) is 12.3. The number of carboxylic acids is 1. The van der Waals surface area contributed by atoms with E-state index in [9.17, 15) is 9.90 Å². The number of aliphatic carboxylic acids is 1. The molecule has 0 amide bonds. The van der Waals surface area contributed by atoms with Gasteiger partial charge in [0, 0.05) is 17.7 Å². The van der Waals surface area contributed by atoms with E-state index in [1.165, 1.54) is 0 Å². The average Bonchev–Trinajstić information content (AvgIpc) is 2.30. The molecule has 3 nitrogen and oxygen atoms in total. The van der Waals surface area contributed by atoms with E-state index in [2.05, 4.69) is 29.8 Å². The third-order valence-corrected chi connectivity index (χ3v) is 3.30. The van der Waals surface area contributed by atoms with Crippen molar-refractivity contribution in [1.29, 1.82) is 0 Å². The predicted octanol–water partition coefficient (Wildman–Crippen LogP) is 3.68. The zero-order chi connectivity index (χ0) is 13.5. The fourth-order valence-electron chi connectivity index (χ4n) is 1.69. The zero-order valence-electron chi connectivity index (χ0n) is 10.7. The summed E-state index contributed by atoms with van der Waals surface area (Å²) in [5.74, 6) is -0.862. The summed E-state index contributed by atoms with van der Waals surface area (Å²) in [4.78, 5) is 11.3. The van der Waals surface area contributed by atoms with Crippen LogP contribution in [0.5, 0.6) is 0 Å². The van der Waals surface area contributed by atoms with Gasteiger partial charge in [-0.05, 0) is 24.0 Å². The molecule has 100 valence electrons. The number of carbonyl (C=O) groups is 1. The Morgan fingerprint density at radius 1 is 1.39 bits per heavy atom. The summed E-state index contributed by atoms with van der Waals surface area (Å²) in [7, 11) is 0. The first kappa shape index (κ1) is 15.2. The highest BCUT2D eigenvalue weighted by Crippen LogP contribution is 2.27. The number of hydrogen-bond acceptors (Lipinski definition) is 2. The summed E-state index contributed by atoms with van der Waals surface area (Å²) in [5.41, 5.74) is 0.804. The van der Waals surface area contributed by atoms with Crippen LogP contribution in [0.25, 0.3) is 0 Å². The molecule has 1 aromatic rings. The summed E-state index contributed by atoms with van der Waals surface area (Å²) in [6.07, 6.45) is 0.491. The Balaban J connectivity index is 2.61. The molecule has 0 saturated heterocycles. The van der Waals surface area contributed by atoms with Crippen LogP contribution < -0.4 is 0 Å². The van der Waals surface area contributed by atoms with Gasteiger partial charge in [0.25, 0.3) is 0 Å². The topological polar surface area (TPSA) is 46.5 Å². The summed E-state index contributed by atoms with van der Waals surface area (Å²) in [5, 5.41) is 9.28. The fourth-order valence-corrected chi connectivity index (χ4v) is 2.25. The van der Waals surface area contributed by atoms with Gasteiger partial charge in [0.15, 0.2) is 0 Å². The lowest BCUT2D eigenvalue weighted by molar-refractivity contribution is -0.139. The highest BCUT2D eigenvalue weighted by atomic mass is 79.9. The van der Waals surface area contributed by atoms with E-state index in [1.807, 2.05) is 24.3 Å². The molecule has 18 heavy (non-hydrogen) atoms. The van der Waals surface area contributed by atoms with Gasteiger partial charge in [-0.1, -0.05) is 48.0 Å². The number of carboxylic acid groups (broad SMARTS) is 1. The second-order valence-corrected chi connectivity index (χ2v) is 5.52. The van der Waals surface area contributed by atoms with Crippen molar-refractivity contribution < 1.29 is 14.6 Å². The van der Waals surface area contributed by atoms with E-state index in [4.69, 9.17) is 4.74 Å². The van der Waals surface area contributed by atoms with E-state index in [1.54, 1.807) is 0 Å². The minimum absolute atomic E-state index is 0.469. The fraction of sp³-hybridized carbons (Fsp3) is 0.500. The Bertz CT molecular complexity index is 390. The summed E-state index contributed by atoms with van der Waals surface area (Å²) >= 11 is 3.39. The van der Waals surface area contributed by atoms with Crippen LogP contribution in [-0.2, 0) is 9.53 Å².